The van der Waals surface area contributed by atoms with E-state index < -0.39 is 17.2 Å². The van der Waals surface area contributed by atoms with Crippen molar-refractivity contribution in [3.63, 3.8) is 0 Å². The molecule has 0 bridgehead atoms. The molecule has 0 unspecified atom stereocenters. The number of halogens is 2. The van der Waals surface area contributed by atoms with Crippen LogP contribution in [0.1, 0.15) is 52.0 Å². The molecule has 1 saturated heterocycles. The molecule has 4 aromatic rings. The predicted molar refractivity (Wildman–Crippen MR) is 159 cm³/mol. The number of fused-ring (bicyclic) bond motifs is 1. The van der Waals surface area contributed by atoms with Crippen LogP contribution >= 0.6 is 0 Å². The van der Waals surface area contributed by atoms with Crippen molar-refractivity contribution in [2.24, 2.45) is 0 Å². The van der Waals surface area contributed by atoms with Crippen molar-refractivity contribution in [1.82, 2.24) is 29.3 Å². The smallest absolute Gasteiger partial charge is 0.410 e. The van der Waals surface area contributed by atoms with E-state index in [-0.39, 0.29) is 29.3 Å². The van der Waals surface area contributed by atoms with Crippen molar-refractivity contribution in [1.29, 1.82) is 0 Å². The average Bonchev–Trinajstić information content (AvgIpc) is 3.27. The molecule has 0 spiro atoms. The Hall–Kier alpha value is -4.12. The number of nitrogens with one attached hydrogen (secondary N) is 1. The summed E-state index contributed by atoms with van der Waals surface area (Å²) in [5.74, 6) is -0.285. The van der Waals surface area contributed by atoms with Gasteiger partial charge in [0.15, 0.2) is 11.6 Å². The molecular formula is C31H37F2N7O2. The minimum absolute atomic E-state index is 0.00426. The van der Waals surface area contributed by atoms with E-state index >= 15 is 4.39 Å². The number of carbonyl (C=O) groups excluding carboxylic acids is 1. The average molecular weight is 578 g/mol. The van der Waals surface area contributed by atoms with Crippen LogP contribution in [-0.2, 0) is 11.3 Å². The van der Waals surface area contributed by atoms with E-state index in [1.807, 2.05) is 70.4 Å². The predicted octanol–water partition coefficient (Wildman–Crippen LogP) is 6.46. The summed E-state index contributed by atoms with van der Waals surface area (Å²) in [5, 5.41) is 3.12. The van der Waals surface area contributed by atoms with Gasteiger partial charge in [-0.2, -0.15) is 0 Å². The van der Waals surface area contributed by atoms with E-state index in [9.17, 15) is 9.18 Å². The zero-order valence-electron chi connectivity index (χ0n) is 24.9. The Kier molecular flexibility index (Phi) is 8.14. The van der Waals surface area contributed by atoms with Gasteiger partial charge in [-0.1, -0.05) is 12.1 Å². The third kappa shape index (κ3) is 6.51. The Morgan fingerprint density at radius 1 is 1.02 bits per heavy atom. The number of hydrogen-bond donors (Lipinski definition) is 1. The zero-order valence-corrected chi connectivity index (χ0v) is 24.9. The van der Waals surface area contributed by atoms with Crippen LogP contribution in [0.5, 0.6) is 0 Å². The molecule has 0 radical (unpaired) electrons. The summed E-state index contributed by atoms with van der Waals surface area (Å²) in [6.45, 7) is 14.9. The quantitative estimate of drug-likeness (QED) is 0.282. The number of piperazine rings is 1. The van der Waals surface area contributed by atoms with Gasteiger partial charge in [0.1, 0.15) is 22.6 Å². The molecule has 3 heterocycles. The maximum absolute atomic E-state index is 15.0. The highest BCUT2D eigenvalue weighted by Gasteiger charge is 2.26. The Bertz CT molecular complexity index is 1590. The van der Waals surface area contributed by atoms with E-state index in [2.05, 4.69) is 25.2 Å². The molecule has 5 rings (SSSR count). The second kappa shape index (κ2) is 11.6. The molecule has 1 aliphatic heterocycles. The lowest BCUT2D eigenvalue weighted by Gasteiger charge is -2.35. The third-order valence-electron chi connectivity index (χ3n) is 7.10. The van der Waals surface area contributed by atoms with Gasteiger partial charge < -0.3 is 19.5 Å². The first-order valence-corrected chi connectivity index (χ1v) is 14.1. The van der Waals surface area contributed by atoms with E-state index in [0.29, 0.717) is 30.0 Å². The lowest BCUT2D eigenvalue weighted by atomic mass is 10.1. The number of aryl methyl sites for hydroxylation is 1. The van der Waals surface area contributed by atoms with Crippen molar-refractivity contribution in [2.75, 3.05) is 31.5 Å². The highest BCUT2D eigenvalue weighted by molar-refractivity contribution is 5.83. The van der Waals surface area contributed by atoms with Gasteiger partial charge in [0, 0.05) is 50.0 Å². The summed E-state index contributed by atoms with van der Waals surface area (Å²) >= 11 is 0. The van der Waals surface area contributed by atoms with Crippen LogP contribution in [0.25, 0.3) is 22.3 Å². The van der Waals surface area contributed by atoms with Crippen molar-refractivity contribution >= 4 is 28.8 Å². The number of benzene rings is 2. The lowest BCUT2D eigenvalue weighted by Crippen LogP contribution is -2.49. The van der Waals surface area contributed by atoms with E-state index in [1.54, 1.807) is 11.0 Å². The van der Waals surface area contributed by atoms with Gasteiger partial charge in [-0.05, 0) is 71.4 Å². The number of nitrogens with zero attached hydrogens (tertiary/aromatic N) is 6. The molecule has 1 amide bonds. The number of aromatic nitrogens is 4. The van der Waals surface area contributed by atoms with Crippen molar-refractivity contribution in [2.45, 2.75) is 59.7 Å². The highest BCUT2D eigenvalue weighted by Crippen LogP contribution is 2.30. The summed E-state index contributed by atoms with van der Waals surface area (Å²) in [5.41, 5.74) is 2.51. The molecule has 2 aromatic carbocycles. The number of ether oxygens (including phenoxy) is 1. The second-order valence-electron chi connectivity index (χ2n) is 11.9. The third-order valence-corrected chi connectivity index (χ3v) is 7.10. The number of hydrogen-bond acceptors (Lipinski definition) is 7. The molecule has 0 saturated carbocycles. The van der Waals surface area contributed by atoms with Gasteiger partial charge in [-0.25, -0.2) is 28.5 Å². The van der Waals surface area contributed by atoms with Gasteiger partial charge in [0.25, 0.3) is 0 Å². The normalized spacial score (nSPS) is 14.5. The van der Waals surface area contributed by atoms with Gasteiger partial charge in [0.2, 0.25) is 5.95 Å². The Morgan fingerprint density at radius 3 is 2.36 bits per heavy atom. The first-order chi connectivity index (χ1) is 19.9. The maximum Gasteiger partial charge on any atom is 0.410 e. The molecule has 9 nitrogen and oxygen atoms in total. The lowest BCUT2D eigenvalue weighted by molar-refractivity contribution is 0.0139. The molecule has 11 heteroatoms. The monoisotopic (exact) mass is 577 g/mol. The van der Waals surface area contributed by atoms with E-state index in [0.717, 1.165) is 37.1 Å². The van der Waals surface area contributed by atoms with Crippen LogP contribution in [0.2, 0.25) is 0 Å². The van der Waals surface area contributed by atoms with Crippen LogP contribution in [-0.4, -0.2) is 67.2 Å². The van der Waals surface area contributed by atoms with Crippen LogP contribution in [0.4, 0.5) is 25.2 Å². The summed E-state index contributed by atoms with van der Waals surface area (Å²) in [7, 11) is 0. The summed E-state index contributed by atoms with van der Waals surface area (Å²) in [6.07, 6.45) is 0.815. The second-order valence-corrected chi connectivity index (χ2v) is 11.9. The summed E-state index contributed by atoms with van der Waals surface area (Å²) < 4.78 is 37.3. The van der Waals surface area contributed by atoms with Crippen molar-refractivity contribution < 1.29 is 18.3 Å². The molecule has 0 atom stereocenters. The Morgan fingerprint density at radius 2 is 1.71 bits per heavy atom. The summed E-state index contributed by atoms with van der Waals surface area (Å²) in [4.78, 5) is 29.2. The number of rotatable bonds is 6. The Balaban J connectivity index is 1.25. The number of anilines is 2. The van der Waals surface area contributed by atoms with Gasteiger partial charge in [-0.15, -0.1) is 0 Å². The SMILES string of the molecule is Cc1nc2c(F)cc(-c3nc(Nc4ccc(CN5CCN(C(=O)OC(C)(C)C)CC5)cc4)ncc3F)cc2n1C(C)C. The molecular weight excluding hydrogens is 540 g/mol. The number of amides is 1. The molecule has 1 N–H and O–H groups in total. The van der Waals surface area contributed by atoms with Crippen molar-refractivity contribution in [3.8, 4) is 11.3 Å². The first kappa shape index (κ1) is 29.4. The molecule has 42 heavy (non-hydrogen) atoms. The highest BCUT2D eigenvalue weighted by atomic mass is 19.1. The number of carbonyl (C=O) groups is 1. The number of imidazole rings is 1. The molecule has 1 fully saturated rings. The van der Waals surface area contributed by atoms with E-state index in [4.69, 9.17) is 4.74 Å². The van der Waals surface area contributed by atoms with Gasteiger partial charge >= 0.3 is 6.09 Å². The van der Waals surface area contributed by atoms with Crippen molar-refractivity contribution in [3.05, 3.63) is 65.6 Å². The fourth-order valence-corrected chi connectivity index (χ4v) is 5.18. The maximum atomic E-state index is 15.0. The first-order valence-electron chi connectivity index (χ1n) is 14.1. The van der Waals surface area contributed by atoms with Gasteiger partial charge in [-0.3, -0.25) is 4.90 Å². The topological polar surface area (TPSA) is 88.4 Å². The molecule has 222 valence electrons. The molecule has 2 aromatic heterocycles. The van der Waals surface area contributed by atoms with E-state index in [1.165, 1.54) is 6.07 Å². The molecule has 0 aliphatic carbocycles. The fraction of sp³-hybridized carbons (Fsp3) is 0.419. The minimum Gasteiger partial charge on any atom is -0.444 e. The largest absolute Gasteiger partial charge is 0.444 e. The standard InChI is InChI=1S/C31H37F2N7O2/c1-19(2)40-20(3)35-28-24(32)15-22(16-26(28)40)27-25(33)17-34-29(37-27)36-23-9-7-21(8-10-23)18-38-11-13-39(14-12-38)30(41)42-31(4,5)6/h7-10,15-17,19H,11-14,18H2,1-6H3,(H,34,36,37). The fourth-order valence-electron chi connectivity index (χ4n) is 5.18. The Labute approximate surface area is 244 Å². The minimum atomic E-state index is -0.645. The van der Waals surface area contributed by atoms with Crippen LogP contribution < -0.4 is 5.32 Å². The zero-order chi connectivity index (χ0) is 30.2. The van der Waals surface area contributed by atoms with Gasteiger partial charge in [0.05, 0.1) is 11.7 Å². The van der Waals surface area contributed by atoms with Crippen LogP contribution in [0.15, 0.2) is 42.6 Å². The summed E-state index contributed by atoms with van der Waals surface area (Å²) in [6, 6.07) is 10.9. The molecule has 1 aliphatic rings. The van der Waals surface area contributed by atoms with Crippen LogP contribution in [0, 0.1) is 18.6 Å². The van der Waals surface area contributed by atoms with Crippen LogP contribution in [0.3, 0.4) is 0 Å².